The Bertz CT molecular complexity index is 350. The van der Waals surface area contributed by atoms with Crippen LogP contribution in [0.3, 0.4) is 0 Å². The fraction of sp³-hybridized carbons (Fsp3) is 0.538. The first-order valence-corrected chi connectivity index (χ1v) is 6.01. The number of aliphatic hydroxyl groups excluding tert-OH is 1. The molecule has 17 heavy (non-hydrogen) atoms. The van der Waals surface area contributed by atoms with Gasteiger partial charge in [-0.15, -0.1) is 0 Å². The molecule has 4 heteroatoms. The third-order valence-electron chi connectivity index (χ3n) is 3.17. The predicted molar refractivity (Wildman–Crippen MR) is 65.1 cm³/mol. The number of hydrogen-bond acceptors (Lipinski definition) is 4. The first kappa shape index (κ1) is 12.4. The van der Waals surface area contributed by atoms with Gasteiger partial charge in [0.1, 0.15) is 5.75 Å². The van der Waals surface area contributed by atoms with E-state index in [1.165, 1.54) is 0 Å². The van der Waals surface area contributed by atoms with Gasteiger partial charge in [0.25, 0.3) is 0 Å². The van der Waals surface area contributed by atoms with Crippen LogP contribution in [0.1, 0.15) is 18.4 Å². The number of nitrogens with one attached hydrogen (secondary N) is 1. The quantitative estimate of drug-likeness (QED) is 0.729. The van der Waals surface area contributed by atoms with Crippen molar-refractivity contribution < 1.29 is 14.9 Å². The maximum atomic E-state index is 10.1. The van der Waals surface area contributed by atoms with Gasteiger partial charge in [-0.1, -0.05) is 12.1 Å². The fourth-order valence-electron chi connectivity index (χ4n) is 2.39. The third kappa shape index (κ3) is 2.77. The molecule has 0 saturated carbocycles. The lowest BCUT2D eigenvalue weighted by Gasteiger charge is -2.36. The van der Waals surface area contributed by atoms with Gasteiger partial charge in [0.15, 0.2) is 0 Å². The summed E-state index contributed by atoms with van der Waals surface area (Å²) in [4.78, 5) is 0. The van der Waals surface area contributed by atoms with Gasteiger partial charge in [0.05, 0.1) is 12.2 Å². The van der Waals surface area contributed by atoms with Gasteiger partial charge in [-0.25, -0.2) is 0 Å². The second kappa shape index (κ2) is 5.49. The zero-order valence-corrected chi connectivity index (χ0v) is 9.97. The average Bonchev–Trinajstić information content (AvgIpc) is 2.32. The summed E-state index contributed by atoms with van der Waals surface area (Å²) in [6.45, 7) is 3.91. The molecule has 0 aliphatic carbocycles. The molecule has 1 aromatic rings. The molecule has 2 rings (SSSR count). The third-order valence-corrected chi connectivity index (χ3v) is 3.17. The van der Waals surface area contributed by atoms with Gasteiger partial charge >= 0.3 is 0 Å². The summed E-state index contributed by atoms with van der Waals surface area (Å²) in [5, 5.41) is 22.5. The van der Waals surface area contributed by atoms with Crippen LogP contribution < -0.4 is 5.32 Å². The van der Waals surface area contributed by atoms with Crippen LogP contribution in [-0.4, -0.2) is 42.1 Å². The molecule has 0 bridgehead atoms. The van der Waals surface area contributed by atoms with Crippen molar-refractivity contribution in [2.75, 3.05) is 19.7 Å². The standard InChI is InChI=1S/C13H19NO3/c1-2-17-12-8-14-7-11(16)13(12)9-3-5-10(15)6-4-9/h3-6,11-16H,2,7-8H2,1H3/t11-,12+,13+/m0/s1. The number of rotatable bonds is 3. The highest BCUT2D eigenvalue weighted by Crippen LogP contribution is 2.29. The van der Waals surface area contributed by atoms with Crippen LogP contribution in [0.15, 0.2) is 24.3 Å². The minimum atomic E-state index is -0.454. The summed E-state index contributed by atoms with van der Waals surface area (Å²) < 4.78 is 5.67. The van der Waals surface area contributed by atoms with Crippen molar-refractivity contribution in [3.63, 3.8) is 0 Å². The van der Waals surface area contributed by atoms with Gasteiger partial charge < -0.3 is 20.3 Å². The van der Waals surface area contributed by atoms with Crippen LogP contribution in [0.25, 0.3) is 0 Å². The van der Waals surface area contributed by atoms with E-state index < -0.39 is 6.10 Å². The number of aliphatic hydroxyl groups is 1. The number of β-amino-alcohol motifs (C(OH)–C–C–N with tert-alkyl or cyclic N) is 1. The van der Waals surface area contributed by atoms with Crippen molar-refractivity contribution in [1.82, 2.24) is 5.32 Å². The average molecular weight is 237 g/mol. The number of hydrogen-bond donors (Lipinski definition) is 3. The van der Waals surface area contributed by atoms with Crippen LogP contribution >= 0.6 is 0 Å². The van der Waals surface area contributed by atoms with Crippen molar-refractivity contribution in [3.8, 4) is 5.75 Å². The highest BCUT2D eigenvalue weighted by Gasteiger charge is 2.33. The Labute approximate surface area is 101 Å². The van der Waals surface area contributed by atoms with E-state index in [1.54, 1.807) is 12.1 Å². The highest BCUT2D eigenvalue weighted by molar-refractivity contribution is 5.30. The molecule has 1 aromatic carbocycles. The van der Waals surface area contributed by atoms with Crippen molar-refractivity contribution in [1.29, 1.82) is 0 Å². The Kier molecular flexibility index (Phi) is 3.99. The van der Waals surface area contributed by atoms with Gasteiger partial charge in [-0.05, 0) is 24.6 Å². The number of benzene rings is 1. The van der Waals surface area contributed by atoms with Crippen LogP contribution in [-0.2, 0) is 4.74 Å². The summed E-state index contributed by atoms with van der Waals surface area (Å²) in [7, 11) is 0. The molecule has 94 valence electrons. The van der Waals surface area contributed by atoms with Crippen molar-refractivity contribution in [2.45, 2.75) is 25.0 Å². The second-order valence-corrected chi connectivity index (χ2v) is 4.34. The predicted octanol–water partition coefficient (Wildman–Crippen LogP) is 0.845. The Hall–Kier alpha value is -1.10. The molecule has 1 saturated heterocycles. The Morgan fingerprint density at radius 1 is 1.29 bits per heavy atom. The maximum absolute atomic E-state index is 10.1. The van der Waals surface area contributed by atoms with Crippen LogP contribution in [0.5, 0.6) is 5.75 Å². The lowest BCUT2D eigenvalue weighted by Crippen LogP contribution is -2.49. The molecular weight excluding hydrogens is 218 g/mol. The molecular formula is C13H19NO3. The van der Waals surface area contributed by atoms with E-state index in [0.29, 0.717) is 13.2 Å². The Morgan fingerprint density at radius 3 is 2.65 bits per heavy atom. The molecule has 3 atom stereocenters. The first-order chi connectivity index (χ1) is 8.22. The number of aromatic hydroxyl groups is 1. The second-order valence-electron chi connectivity index (χ2n) is 4.34. The van der Waals surface area contributed by atoms with Gasteiger partial charge in [0, 0.05) is 25.6 Å². The molecule has 4 nitrogen and oxygen atoms in total. The molecule has 1 heterocycles. The van der Waals surface area contributed by atoms with Gasteiger partial charge in [-0.3, -0.25) is 0 Å². The van der Waals surface area contributed by atoms with Crippen molar-refractivity contribution >= 4 is 0 Å². The van der Waals surface area contributed by atoms with E-state index in [4.69, 9.17) is 4.74 Å². The zero-order chi connectivity index (χ0) is 12.3. The largest absolute Gasteiger partial charge is 0.508 e. The smallest absolute Gasteiger partial charge is 0.115 e. The highest BCUT2D eigenvalue weighted by atomic mass is 16.5. The minimum Gasteiger partial charge on any atom is -0.508 e. The van der Waals surface area contributed by atoms with E-state index in [0.717, 1.165) is 12.1 Å². The van der Waals surface area contributed by atoms with E-state index in [1.807, 2.05) is 19.1 Å². The molecule has 0 unspecified atom stereocenters. The molecule has 1 aliphatic heterocycles. The normalized spacial score (nSPS) is 29.2. The molecule has 1 aliphatic rings. The first-order valence-electron chi connectivity index (χ1n) is 6.01. The van der Waals surface area contributed by atoms with E-state index >= 15 is 0 Å². The zero-order valence-electron chi connectivity index (χ0n) is 9.97. The van der Waals surface area contributed by atoms with E-state index in [9.17, 15) is 10.2 Å². The van der Waals surface area contributed by atoms with Crippen LogP contribution in [0, 0.1) is 0 Å². The molecule has 0 aromatic heterocycles. The monoisotopic (exact) mass is 237 g/mol. The SMILES string of the molecule is CCO[C@@H]1CNC[C@H](O)[C@H]1c1ccc(O)cc1. The number of ether oxygens (including phenoxy) is 1. The molecule has 0 amide bonds. The number of phenolic OH excluding ortho intramolecular Hbond substituents is 1. The Morgan fingerprint density at radius 2 is 2.00 bits per heavy atom. The summed E-state index contributed by atoms with van der Waals surface area (Å²) in [5.41, 5.74) is 1.01. The summed E-state index contributed by atoms with van der Waals surface area (Å²) in [6.07, 6.45) is -0.474. The van der Waals surface area contributed by atoms with Crippen molar-refractivity contribution in [2.24, 2.45) is 0 Å². The summed E-state index contributed by atoms with van der Waals surface area (Å²) >= 11 is 0. The lowest BCUT2D eigenvalue weighted by molar-refractivity contribution is -0.0200. The fourth-order valence-corrected chi connectivity index (χ4v) is 2.39. The molecule has 0 radical (unpaired) electrons. The topological polar surface area (TPSA) is 61.7 Å². The van der Waals surface area contributed by atoms with E-state index in [-0.39, 0.29) is 17.8 Å². The number of piperidine rings is 1. The number of phenols is 1. The van der Waals surface area contributed by atoms with Crippen LogP contribution in [0.2, 0.25) is 0 Å². The maximum Gasteiger partial charge on any atom is 0.115 e. The van der Waals surface area contributed by atoms with Crippen LogP contribution in [0.4, 0.5) is 0 Å². The van der Waals surface area contributed by atoms with Gasteiger partial charge in [-0.2, -0.15) is 0 Å². The van der Waals surface area contributed by atoms with E-state index in [2.05, 4.69) is 5.32 Å². The molecule has 3 N–H and O–H groups in total. The summed E-state index contributed by atoms with van der Waals surface area (Å²) in [6, 6.07) is 6.99. The summed E-state index contributed by atoms with van der Waals surface area (Å²) in [5.74, 6) is 0.210. The van der Waals surface area contributed by atoms with Gasteiger partial charge in [0.2, 0.25) is 0 Å². The molecule has 0 spiro atoms. The minimum absolute atomic E-state index is 0.0201. The molecule has 1 fully saturated rings. The lowest BCUT2D eigenvalue weighted by atomic mass is 9.85. The van der Waals surface area contributed by atoms with Crippen molar-refractivity contribution in [3.05, 3.63) is 29.8 Å². The Balaban J connectivity index is 2.21.